The number of fused-ring (bicyclic) bond motifs is 1. The van der Waals surface area contributed by atoms with Crippen molar-refractivity contribution in [2.45, 2.75) is 64.2 Å². The Kier molecular flexibility index (Phi) is 3.72. The predicted octanol–water partition coefficient (Wildman–Crippen LogP) is 5.46. The fraction of sp³-hybridized carbons (Fsp3) is 0.667. The Morgan fingerprint density at radius 3 is 2.50 bits per heavy atom. The Balaban J connectivity index is 1.89. The van der Waals surface area contributed by atoms with Crippen molar-refractivity contribution in [3.8, 4) is 0 Å². The van der Waals surface area contributed by atoms with Gasteiger partial charge in [0.25, 0.3) is 0 Å². The van der Waals surface area contributed by atoms with Crippen LogP contribution in [0.15, 0.2) is 24.3 Å². The Labute approximate surface area is 112 Å². The van der Waals surface area contributed by atoms with Gasteiger partial charge in [-0.05, 0) is 48.6 Å². The lowest BCUT2D eigenvalue weighted by Gasteiger charge is -2.32. The molecule has 98 valence electrons. The first-order valence-corrected chi connectivity index (χ1v) is 7.92. The molecule has 0 nitrogen and oxygen atoms in total. The lowest BCUT2D eigenvalue weighted by Crippen LogP contribution is -2.20. The highest BCUT2D eigenvalue weighted by molar-refractivity contribution is 5.30. The van der Waals surface area contributed by atoms with Crippen molar-refractivity contribution < 1.29 is 0 Å². The Morgan fingerprint density at radius 2 is 1.61 bits per heavy atom. The minimum atomic E-state index is 0.860. The Bertz CT molecular complexity index is 393. The van der Waals surface area contributed by atoms with E-state index in [4.69, 9.17) is 0 Å². The fourth-order valence-electron chi connectivity index (χ4n) is 4.50. The van der Waals surface area contributed by atoms with Crippen LogP contribution in [0.25, 0.3) is 0 Å². The van der Waals surface area contributed by atoms with Gasteiger partial charge in [0.1, 0.15) is 0 Å². The smallest absolute Gasteiger partial charge is 0.0128 e. The first-order chi connectivity index (χ1) is 8.86. The molecule has 3 rings (SSSR count). The van der Waals surface area contributed by atoms with E-state index in [2.05, 4.69) is 31.2 Å². The topological polar surface area (TPSA) is 0 Å². The third-order valence-corrected chi connectivity index (χ3v) is 5.41. The van der Waals surface area contributed by atoms with Gasteiger partial charge in [-0.3, -0.25) is 0 Å². The minimum absolute atomic E-state index is 0.860. The molecule has 2 fully saturated rings. The molecule has 0 saturated heterocycles. The molecule has 0 N–H and O–H groups in total. The first-order valence-electron chi connectivity index (χ1n) is 7.92. The van der Waals surface area contributed by atoms with Gasteiger partial charge in [-0.15, -0.1) is 0 Å². The molecule has 2 aliphatic rings. The summed E-state index contributed by atoms with van der Waals surface area (Å²) in [5, 5.41) is 0. The maximum atomic E-state index is 2.40. The summed E-state index contributed by atoms with van der Waals surface area (Å²) in [6.45, 7) is 2.30. The lowest BCUT2D eigenvalue weighted by molar-refractivity contribution is 0.264. The van der Waals surface area contributed by atoms with Crippen LogP contribution in [0, 0.1) is 18.8 Å². The normalized spacial score (nSPS) is 32.6. The third-order valence-electron chi connectivity index (χ3n) is 5.41. The SMILES string of the molecule is Cc1ccccc1C1CCCCCC2CCCC21. The predicted molar refractivity (Wildman–Crippen MR) is 77.8 cm³/mol. The minimum Gasteiger partial charge on any atom is -0.0620 e. The van der Waals surface area contributed by atoms with Gasteiger partial charge in [-0.25, -0.2) is 0 Å². The fourth-order valence-corrected chi connectivity index (χ4v) is 4.50. The van der Waals surface area contributed by atoms with Crippen molar-refractivity contribution in [3.05, 3.63) is 35.4 Å². The summed E-state index contributed by atoms with van der Waals surface area (Å²) in [6.07, 6.45) is 11.8. The van der Waals surface area contributed by atoms with Crippen molar-refractivity contribution >= 4 is 0 Å². The van der Waals surface area contributed by atoms with Crippen molar-refractivity contribution in [2.75, 3.05) is 0 Å². The quantitative estimate of drug-likeness (QED) is 0.613. The van der Waals surface area contributed by atoms with Gasteiger partial charge >= 0.3 is 0 Å². The van der Waals surface area contributed by atoms with Gasteiger partial charge < -0.3 is 0 Å². The zero-order valence-electron chi connectivity index (χ0n) is 11.7. The largest absolute Gasteiger partial charge is 0.0620 e. The molecule has 2 saturated carbocycles. The number of hydrogen-bond acceptors (Lipinski definition) is 0. The van der Waals surface area contributed by atoms with Crippen LogP contribution in [-0.4, -0.2) is 0 Å². The summed E-state index contributed by atoms with van der Waals surface area (Å²) in [6, 6.07) is 9.13. The van der Waals surface area contributed by atoms with E-state index in [1.54, 1.807) is 5.56 Å². The van der Waals surface area contributed by atoms with Crippen molar-refractivity contribution in [3.63, 3.8) is 0 Å². The number of benzene rings is 1. The third kappa shape index (κ3) is 2.35. The van der Waals surface area contributed by atoms with Gasteiger partial charge in [-0.1, -0.05) is 62.8 Å². The molecule has 1 aromatic carbocycles. The Hall–Kier alpha value is -0.780. The number of rotatable bonds is 1. The van der Waals surface area contributed by atoms with E-state index < -0.39 is 0 Å². The summed E-state index contributed by atoms with van der Waals surface area (Å²) >= 11 is 0. The van der Waals surface area contributed by atoms with Crippen LogP contribution in [-0.2, 0) is 0 Å². The van der Waals surface area contributed by atoms with Crippen LogP contribution in [0.1, 0.15) is 68.4 Å². The van der Waals surface area contributed by atoms with Gasteiger partial charge in [0, 0.05) is 0 Å². The van der Waals surface area contributed by atoms with Crippen LogP contribution in [0.5, 0.6) is 0 Å². The molecule has 0 spiro atoms. The maximum Gasteiger partial charge on any atom is -0.0128 e. The molecule has 0 amide bonds. The summed E-state index contributed by atoms with van der Waals surface area (Å²) in [7, 11) is 0. The molecule has 0 heteroatoms. The molecule has 3 unspecified atom stereocenters. The van der Waals surface area contributed by atoms with Crippen LogP contribution in [0.4, 0.5) is 0 Å². The lowest BCUT2D eigenvalue weighted by atomic mass is 9.73. The molecule has 0 aromatic heterocycles. The van der Waals surface area contributed by atoms with E-state index in [9.17, 15) is 0 Å². The molecule has 18 heavy (non-hydrogen) atoms. The first kappa shape index (κ1) is 12.3. The van der Waals surface area contributed by atoms with Gasteiger partial charge in [0.05, 0.1) is 0 Å². The highest BCUT2D eigenvalue weighted by Crippen LogP contribution is 2.47. The van der Waals surface area contributed by atoms with E-state index in [1.807, 2.05) is 0 Å². The van der Waals surface area contributed by atoms with E-state index >= 15 is 0 Å². The van der Waals surface area contributed by atoms with E-state index in [1.165, 1.54) is 56.9 Å². The molecule has 0 bridgehead atoms. The highest BCUT2D eigenvalue weighted by Gasteiger charge is 2.35. The molecular weight excluding hydrogens is 216 g/mol. The zero-order valence-corrected chi connectivity index (χ0v) is 11.7. The van der Waals surface area contributed by atoms with E-state index in [0.717, 1.165) is 17.8 Å². The van der Waals surface area contributed by atoms with E-state index in [0.29, 0.717) is 0 Å². The van der Waals surface area contributed by atoms with Crippen LogP contribution in [0.2, 0.25) is 0 Å². The summed E-state index contributed by atoms with van der Waals surface area (Å²) in [5.41, 5.74) is 3.19. The summed E-state index contributed by atoms with van der Waals surface area (Å²) in [5.74, 6) is 2.89. The molecule has 3 atom stereocenters. The van der Waals surface area contributed by atoms with Crippen LogP contribution >= 0.6 is 0 Å². The Morgan fingerprint density at radius 1 is 0.833 bits per heavy atom. The number of hydrogen-bond donors (Lipinski definition) is 0. The molecule has 0 heterocycles. The van der Waals surface area contributed by atoms with Gasteiger partial charge in [0.2, 0.25) is 0 Å². The maximum absolute atomic E-state index is 2.40. The van der Waals surface area contributed by atoms with E-state index in [-0.39, 0.29) is 0 Å². The molecule has 1 aromatic rings. The second-order valence-electron chi connectivity index (χ2n) is 6.46. The van der Waals surface area contributed by atoms with Gasteiger partial charge in [-0.2, -0.15) is 0 Å². The van der Waals surface area contributed by atoms with Crippen LogP contribution in [0.3, 0.4) is 0 Å². The standard InChI is InChI=1S/C18H26/c1-14-8-5-6-11-16(14)18-12-4-2-3-9-15-10-7-13-17(15)18/h5-6,8,11,15,17-18H,2-4,7,9-10,12-13H2,1H3. The molecular formula is C18H26. The second-order valence-corrected chi connectivity index (χ2v) is 6.46. The number of aryl methyl sites for hydroxylation is 1. The average molecular weight is 242 g/mol. The zero-order chi connectivity index (χ0) is 12.4. The van der Waals surface area contributed by atoms with Crippen molar-refractivity contribution in [1.29, 1.82) is 0 Å². The van der Waals surface area contributed by atoms with Crippen molar-refractivity contribution in [2.24, 2.45) is 11.8 Å². The highest BCUT2D eigenvalue weighted by atomic mass is 14.4. The molecule has 0 radical (unpaired) electrons. The van der Waals surface area contributed by atoms with Crippen molar-refractivity contribution in [1.82, 2.24) is 0 Å². The van der Waals surface area contributed by atoms with Crippen LogP contribution < -0.4 is 0 Å². The molecule has 2 aliphatic carbocycles. The monoisotopic (exact) mass is 242 g/mol. The van der Waals surface area contributed by atoms with Gasteiger partial charge in [0.15, 0.2) is 0 Å². The summed E-state index contributed by atoms with van der Waals surface area (Å²) < 4.78 is 0. The second kappa shape index (κ2) is 5.47. The summed E-state index contributed by atoms with van der Waals surface area (Å²) in [4.78, 5) is 0. The average Bonchev–Trinajstić information content (AvgIpc) is 2.79. The molecule has 0 aliphatic heterocycles.